The first-order valence-electron chi connectivity index (χ1n) is 7.68. The number of hydrogen-bond acceptors (Lipinski definition) is 5. The standard InChI is InChI=1S/C17H20ClN3O2/c1-11-9-15(21-16(19-11)10-22-2)20-14-7-4-8-23-17-12(14)5-3-6-13(17)18/h3,5-6,9,14H,4,7-8,10H2,1-2H3,(H,19,20,21). The Kier molecular flexibility index (Phi) is 4.98. The Morgan fingerprint density at radius 3 is 3.09 bits per heavy atom. The molecular formula is C17H20ClN3O2. The molecule has 0 saturated carbocycles. The average molecular weight is 334 g/mol. The number of ether oxygens (including phenoxy) is 2. The summed E-state index contributed by atoms with van der Waals surface area (Å²) in [6.45, 7) is 3.02. The minimum atomic E-state index is 0.107. The van der Waals surface area contributed by atoms with E-state index < -0.39 is 0 Å². The molecule has 0 fully saturated rings. The highest BCUT2D eigenvalue weighted by atomic mass is 35.5. The lowest BCUT2D eigenvalue weighted by Crippen LogP contribution is -2.13. The number of nitrogens with one attached hydrogen (secondary N) is 1. The Balaban J connectivity index is 1.90. The molecule has 1 aromatic carbocycles. The summed E-state index contributed by atoms with van der Waals surface area (Å²) < 4.78 is 10.9. The number of anilines is 1. The highest BCUT2D eigenvalue weighted by Crippen LogP contribution is 2.38. The number of hydrogen-bond donors (Lipinski definition) is 1. The smallest absolute Gasteiger partial charge is 0.156 e. The summed E-state index contributed by atoms with van der Waals surface area (Å²) in [5, 5.41) is 4.15. The van der Waals surface area contributed by atoms with E-state index in [9.17, 15) is 0 Å². The summed E-state index contributed by atoms with van der Waals surface area (Å²) in [6, 6.07) is 7.90. The molecule has 3 rings (SSSR count). The van der Waals surface area contributed by atoms with Crippen molar-refractivity contribution in [1.29, 1.82) is 0 Å². The van der Waals surface area contributed by atoms with Crippen LogP contribution in [0.2, 0.25) is 5.02 Å². The van der Waals surface area contributed by atoms with Gasteiger partial charge in [0, 0.05) is 24.4 Å². The van der Waals surface area contributed by atoms with Gasteiger partial charge in [-0.05, 0) is 25.8 Å². The first-order chi connectivity index (χ1) is 11.2. The zero-order valence-electron chi connectivity index (χ0n) is 13.3. The lowest BCUT2D eigenvalue weighted by molar-refractivity contribution is 0.177. The van der Waals surface area contributed by atoms with Crippen molar-refractivity contribution in [2.75, 3.05) is 19.0 Å². The summed E-state index contributed by atoms with van der Waals surface area (Å²) in [4.78, 5) is 8.89. The number of rotatable bonds is 4. The molecule has 1 aliphatic rings. The second kappa shape index (κ2) is 7.15. The van der Waals surface area contributed by atoms with Gasteiger partial charge in [-0.15, -0.1) is 0 Å². The third-order valence-corrected chi connectivity index (χ3v) is 4.05. The van der Waals surface area contributed by atoms with E-state index in [1.54, 1.807) is 7.11 Å². The van der Waals surface area contributed by atoms with E-state index in [2.05, 4.69) is 15.3 Å². The predicted octanol–water partition coefficient (Wildman–Crippen LogP) is 3.91. The summed E-state index contributed by atoms with van der Waals surface area (Å²) in [5.41, 5.74) is 1.98. The topological polar surface area (TPSA) is 56.3 Å². The number of methoxy groups -OCH3 is 1. The van der Waals surface area contributed by atoms with E-state index in [4.69, 9.17) is 21.1 Å². The number of aromatic nitrogens is 2. The molecule has 5 nitrogen and oxygen atoms in total. The Bertz CT molecular complexity index is 694. The van der Waals surface area contributed by atoms with Crippen molar-refractivity contribution in [3.05, 3.63) is 46.4 Å². The number of nitrogens with zero attached hydrogens (tertiary/aromatic N) is 2. The summed E-state index contributed by atoms with van der Waals surface area (Å²) in [5.74, 6) is 2.24. The van der Waals surface area contributed by atoms with Crippen molar-refractivity contribution in [1.82, 2.24) is 9.97 Å². The molecule has 1 N–H and O–H groups in total. The van der Waals surface area contributed by atoms with Crippen LogP contribution in [0.25, 0.3) is 0 Å². The SMILES string of the molecule is COCc1nc(C)cc(NC2CCCOc3c(Cl)cccc32)n1. The van der Waals surface area contributed by atoms with Crippen LogP contribution in [0.3, 0.4) is 0 Å². The van der Waals surface area contributed by atoms with Crippen LogP contribution in [0.4, 0.5) is 5.82 Å². The molecule has 1 atom stereocenters. The fourth-order valence-electron chi connectivity index (χ4n) is 2.80. The van der Waals surface area contributed by atoms with Crippen LogP contribution in [0, 0.1) is 6.92 Å². The normalized spacial score (nSPS) is 17.1. The Hall–Kier alpha value is -1.85. The van der Waals surface area contributed by atoms with Gasteiger partial charge in [-0.2, -0.15) is 0 Å². The van der Waals surface area contributed by atoms with Crippen molar-refractivity contribution < 1.29 is 9.47 Å². The maximum absolute atomic E-state index is 6.28. The van der Waals surface area contributed by atoms with E-state index in [0.29, 0.717) is 24.1 Å². The number of halogens is 1. The molecule has 0 amide bonds. The third-order valence-electron chi connectivity index (χ3n) is 3.75. The highest BCUT2D eigenvalue weighted by molar-refractivity contribution is 6.32. The zero-order valence-corrected chi connectivity index (χ0v) is 14.1. The van der Waals surface area contributed by atoms with Crippen LogP contribution < -0.4 is 10.1 Å². The molecule has 0 radical (unpaired) electrons. The highest BCUT2D eigenvalue weighted by Gasteiger charge is 2.22. The van der Waals surface area contributed by atoms with Crippen LogP contribution >= 0.6 is 11.6 Å². The number of benzene rings is 1. The summed E-state index contributed by atoms with van der Waals surface area (Å²) >= 11 is 6.28. The summed E-state index contributed by atoms with van der Waals surface area (Å²) in [7, 11) is 1.64. The molecule has 1 aliphatic heterocycles. The van der Waals surface area contributed by atoms with Crippen LogP contribution in [0.1, 0.15) is 36.0 Å². The van der Waals surface area contributed by atoms with Crippen molar-refractivity contribution in [3.8, 4) is 5.75 Å². The second-order valence-corrected chi connectivity index (χ2v) is 6.00. The van der Waals surface area contributed by atoms with E-state index in [1.165, 1.54) is 0 Å². The number of aryl methyl sites for hydroxylation is 1. The monoisotopic (exact) mass is 333 g/mol. The van der Waals surface area contributed by atoms with Crippen LogP contribution in [-0.4, -0.2) is 23.7 Å². The van der Waals surface area contributed by atoms with E-state index >= 15 is 0 Å². The summed E-state index contributed by atoms with van der Waals surface area (Å²) in [6.07, 6.45) is 1.91. The van der Waals surface area contributed by atoms with Gasteiger partial charge in [-0.3, -0.25) is 0 Å². The molecule has 1 aromatic heterocycles. The van der Waals surface area contributed by atoms with Crippen molar-refractivity contribution in [2.24, 2.45) is 0 Å². The van der Waals surface area contributed by atoms with Gasteiger partial charge in [0.2, 0.25) is 0 Å². The van der Waals surface area contributed by atoms with Crippen LogP contribution in [0.15, 0.2) is 24.3 Å². The molecule has 0 aliphatic carbocycles. The molecule has 122 valence electrons. The molecule has 0 spiro atoms. The molecule has 1 unspecified atom stereocenters. The van der Waals surface area contributed by atoms with Gasteiger partial charge in [0.15, 0.2) is 5.82 Å². The van der Waals surface area contributed by atoms with Gasteiger partial charge in [0.05, 0.1) is 17.7 Å². The number of para-hydroxylation sites is 1. The lowest BCUT2D eigenvalue weighted by Gasteiger charge is -2.20. The lowest BCUT2D eigenvalue weighted by atomic mass is 10.0. The zero-order chi connectivity index (χ0) is 16.2. The largest absolute Gasteiger partial charge is 0.492 e. The Labute approximate surface area is 141 Å². The Morgan fingerprint density at radius 1 is 1.39 bits per heavy atom. The minimum absolute atomic E-state index is 0.107. The third kappa shape index (κ3) is 3.74. The van der Waals surface area contributed by atoms with E-state index in [1.807, 2.05) is 31.2 Å². The molecule has 6 heteroatoms. The van der Waals surface area contributed by atoms with Crippen molar-refractivity contribution in [3.63, 3.8) is 0 Å². The Morgan fingerprint density at radius 2 is 2.26 bits per heavy atom. The maximum Gasteiger partial charge on any atom is 0.156 e. The first kappa shape index (κ1) is 16.0. The molecule has 2 aromatic rings. The average Bonchev–Trinajstić information content (AvgIpc) is 2.71. The van der Waals surface area contributed by atoms with Crippen LogP contribution in [-0.2, 0) is 11.3 Å². The van der Waals surface area contributed by atoms with Crippen molar-refractivity contribution in [2.45, 2.75) is 32.4 Å². The van der Waals surface area contributed by atoms with Crippen LogP contribution in [0.5, 0.6) is 5.75 Å². The number of fused-ring (bicyclic) bond motifs is 1. The fourth-order valence-corrected chi connectivity index (χ4v) is 3.03. The van der Waals surface area contributed by atoms with Gasteiger partial charge in [0.1, 0.15) is 18.2 Å². The first-order valence-corrected chi connectivity index (χ1v) is 8.06. The van der Waals surface area contributed by atoms with Gasteiger partial charge in [-0.1, -0.05) is 23.7 Å². The maximum atomic E-state index is 6.28. The van der Waals surface area contributed by atoms with Gasteiger partial charge >= 0.3 is 0 Å². The van der Waals surface area contributed by atoms with Gasteiger partial charge < -0.3 is 14.8 Å². The predicted molar refractivity (Wildman–Crippen MR) is 90.0 cm³/mol. The molecule has 0 saturated heterocycles. The molecular weight excluding hydrogens is 314 g/mol. The van der Waals surface area contributed by atoms with Crippen molar-refractivity contribution >= 4 is 17.4 Å². The minimum Gasteiger partial charge on any atom is -0.492 e. The molecule has 0 bridgehead atoms. The van der Waals surface area contributed by atoms with Gasteiger partial charge in [-0.25, -0.2) is 9.97 Å². The molecule has 2 heterocycles. The van der Waals surface area contributed by atoms with E-state index in [0.717, 1.165) is 35.7 Å². The van der Waals surface area contributed by atoms with E-state index in [-0.39, 0.29) is 6.04 Å². The fraction of sp³-hybridized carbons (Fsp3) is 0.412. The quantitative estimate of drug-likeness (QED) is 0.919. The molecule has 23 heavy (non-hydrogen) atoms. The second-order valence-electron chi connectivity index (χ2n) is 5.59. The van der Waals surface area contributed by atoms with Gasteiger partial charge in [0.25, 0.3) is 0 Å².